The van der Waals surface area contributed by atoms with E-state index in [9.17, 15) is 10.5 Å². The number of para-hydroxylation sites is 5. The van der Waals surface area contributed by atoms with E-state index in [0.29, 0.717) is 11.1 Å². The third-order valence-corrected chi connectivity index (χ3v) is 11.1. The van der Waals surface area contributed by atoms with Gasteiger partial charge in [-0.1, -0.05) is 103 Å². The Kier molecular flexibility index (Phi) is 6.61. The van der Waals surface area contributed by atoms with Gasteiger partial charge in [0, 0.05) is 49.1 Å². The van der Waals surface area contributed by atoms with E-state index in [0.717, 1.165) is 66.4 Å². The second-order valence-corrected chi connectivity index (χ2v) is 13.9. The average Bonchev–Trinajstić information content (AvgIpc) is 3.89. The van der Waals surface area contributed by atoms with Crippen molar-refractivity contribution in [3.8, 4) is 40.3 Å². The van der Waals surface area contributed by atoms with E-state index >= 15 is 0 Å². The summed E-state index contributed by atoms with van der Waals surface area (Å²) in [6, 6.07) is 66.0. The number of aromatic nitrogens is 3. The van der Waals surface area contributed by atoms with Crippen LogP contribution in [0.5, 0.6) is 0 Å². The van der Waals surface area contributed by atoms with Crippen LogP contribution >= 0.6 is 0 Å². The molecule has 11 aromatic rings. The smallest absolute Gasteiger partial charge is 0.0998 e. The lowest BCUT2D eigenvalue weighted by atomic mass is 9.99. The van der Waals surface area contributed by atoms with Gasteiger partial charge in [-0.15, -0.1) is 0 Å². The minimum atomic E-state index is 0.563. The Bertz CT molecular complexity index is 3420. The first kappa shape index (κ1) is 30.7. The second kappa shape index (κ2) is 11.8. The Labute approximate surface area is 316 Å². The van der Waals surface area contributed by atoms with Crippen molar-refractivity contribution in [1.82, 2.24) is 13.7 Å². The van der Waals surface area contributed by atoms with Crippen molar-refractivity contribution in [1.29, 1.82) is 10.5 Å². The highest BCUT2D eigenvalue weighted by Crippen LogP contribution is 2.42. The number of hydrogen-bond acceptors (Lipinski definition) is 2. The van der Waals surface area contributed by atoms with Gasteiger partial charge >= 0.3 is 0 Å². The van der Waals surface area contributed by atoms with Gasteiger partial charge in [-0.3, -0.25) is 0 Å². The minimum Gasteiger partial charge on any atom is -0.309 e. The molecule has 254 valence electrons. The zero-order chi connectivity index (χ0) is 36.6. The van der Waals surface area contributed by atoms with Crippen molar-refractivity contribution in [3.05, 3.63) is 187 Å². The van der Waals surface area contributed by atoms with Crippen LogP contribution in [0.25, 0.3) is 93.6 Å². The van der Waals surface area contributed by atoms with Crippen LogP contribution in [0.4, 0.5) is 0 Å². The maximum atomic E-state index is 10.2. The standard InChI is InChI=1S/C50H29N5/c51-30-32-24-26-39(49(28-32)55-46-22-10-5-17-40(46)50-33(31-52)12-11-23-48(50)55)37-15-3-8-20-44(37)54-45-21-9-4-16-38(45)41-29-34(25-27-47(41)54)53-42-18-6-1-13-35(42)36-14-2-7-19-43(36)53/h1-29H. The molecule has 0 spiro atoms. The minimum absolute atomic E-state index is 0.563. The molecule has 3 aromatic heterocycles. The van der Waals surface area contributed by atoms with Crippen LogP contribution in [-0.4, -0.2) is 13.7 Å². The van der Waals surface area contributed by atoms with Gasteiger partial charge in [0.15, 0.2) is 0 Å². The predicted octanol–water partition coefficient (Wildman–Crippen LogP) is 12.4. The van der Waals surface area contributed by atoms with E-state index in [1.54, 1.807) is 0 Å². The number of rotatable bonds is 4. The van der Waals surface area contributed by atoms with Crippen LogP contribution in [0.3, 0.4) is 0 Å². The van der Waals surface area contributed by atoms with Crippen LogP contribution in [0.2, 0.25) is 0 Å². The molecule has 3 heterocycles. The topological polar surface area (TPSA) is 62.4 Å². The van der Waals surface area contributed by atoms with E-state index in [-0.39, 0.29) is 0 Å². The van der Waals surface area contributed by atoms with Gasteiger partial charge in [0.25, 0.3) is 0 Å². The molecule has 55 heavy (non-hydrogen) atoms. The first-order valence-electron chi connectivity index (χ1n) is 18.3. The van der Waals surface area contributed by atoms with Crippen molar-refractivity contribution in [3.63, 3.8) is 0 Å². The molecule has 0 saturated carbocycles. The summed E-state index contributed by atoms with van der Waals surface area (Å²) in [5.41, 5.74) is 12.7. The number of nitrogens with zero attached hydrogens (tertiary/aromatic N) is 5. The summed E-state index contributed by atoms with van der Waals surface area (Å²) in [6.45, 7) is 0. The highest BCUT2D eigenvalue weighted by molar-refractivity contribution is 6.14. The zero-order valence-electron chi connectivity index (χ0n) is 29.5. The Morgan fingerprint density at radius 1 is 0.345 bits per heavy atom. The van der Waals surface area contributed by atoms with Gasteiger partial charge in [0.1, 0.15) is 0 Å². The fourth-order valence-corrected chi connectivity index (χ4v) is 8.84. The number of hydrogen-bond donors (Lipinski definition) is 0. The molecule has 0 atom stereocenters. The normalized spacial score (nSPS) is 11.6. The number of nitriles is 2. The van der Waals surface area contributed by atoms with E-state index in [2.05, 4.69) is 165 Å². The molecule has 0 amide bonds. The highest BCUT2D eigenvalue weighted by atomic mass is 15.0. The molecule has 0 aliphatic rings. The zero-order valence-corrected chi connectivity index (χ0v) is 29.5. The van der Waals surface area contributed by atoms with Gasteiger partial charge in [0.05, 0.1) is 67.7 Å². The third kappa shape index (κ3) is 4.39. The lowest BCUT2D eigenvalue weighted by molar-refractivity contribution is 1.15. The van der Waals surface area contributed by atoms with Gasteiger partial charge in [-0.2, -0.15) is 10.5 Å². The molecule has 11 rings (SSSR count). The summed E-state index contributed by atoms with van der Waals surface area (Å²) in [5, 5.41) is 27.0. The molecule has 0 saturated heterocycles. The molecule has 8 aromatic carbocycles. The largest absolute Gasteiger partial charge is 0.309 e. The van der Waals surface area contributed by atoms with Crippen LogP contribution in [0, 0.1) is 22.7 Å². The molecule has 0 aliphatic carbocycles. The van der Waals surface area contributed by atoms with Crippen molar-refractivity contribution < 1.29 is 0 Å². The SMILES string of the molecule is N#Cc1ccc(-c2ccccc2-n2c3ccccc3c3cc(-n4c5ccccc5c5ccccc54)ccc32)c(-n2c3ccccc3c3c(C#N)cccc32)c1. The summed E-state index contributed by atoms with van der Waals surface area (Å²) in [6.07, 6.45) is 0. The van der Waals surface area contributed by atoms with Crippen molar-refractivity contribution in [2.75, 3.05) is 0 Å². The summed E-state index contributed by atoms with van der Waals surface area (Å²) in [5.74, 6) is 0. The van der Waals surface area contributed by atoms with Gasteiger partial charge in [0.2, 0.25) is 0 Å². The molecule has 0 radical (unpaired) electrons. The predicted molar refractivity (Wildman–Crippen MR) is 224 cm³/mol. The Hall–Kier alpha value is -7.86. The summed E-state index contributed by atoms with van der Waals surface area (Å²) >= 11 is 0. The molecule has 0 N–H and O–H groups in total. The van der Waals surface area contributed by atoms with E-state index in [4.69, 9.17) is 0 Å². The van der Waals surface area contributed by atoms with Gasteiger partial charge in [-0.05, 0) is 72.8 Å². The fraction of sp³-hybridized carbons (Fsp3) is 0. The molecular weight excluding hydrogens is 671 g/mol. The number of fused-ring (bicyclic) bond motifs is 9. The van der Waals surface area contributed by atoms with Crippen LogP contribution < -0.4 is 0 Å². The highest BCUT2D eigenvalue weighted by Gasteiger charge is 2.22. The van der Waals surface area contributed by atoms with Crippen LogP contribution in [-0.2, 0) is 0 Å². The lowest BCUT2D eigenvalue weighted by Gasteiger charge is -2.19. The van der Waals surface area contributed by atoms with Crippen LogP contribution in [0.15, 0.2) is 176 Å². The molecule has 0 aliphatic heterocycles. The lowest BCUT2D eigenvalue weighted by Crippen LogP contribution is -2.02. The molecular formula is C50H29N5. The first-order valence-corrected chi connectivity index (χ1v) is 18.3. The Morgan fingerprint density at radius 3 is 1.56 bits per heavy atom. The van der Waals surface area contributed by atoms with E-state index in [1.165, 1.54) is 27.2 Å². The monoisotopic (exact) mass is 699 g/mol. The van der Waals surface area contributed by atoms with Crippen molar-refractivity contribution >= 4 is 65.4 Å². The number of benzene rings is 8. The maximum Gasteiger partial charge on any atom is 0.0998 e. The summed E-state index contributed by atoms with van der Waals surface area (Å²) in [4.78, 5) is 0. The molecule has 0 unspecified atom stereocenters. The fourth-order valence-electron chi connectivity index (χ4n) is 8.84. The van der Waals surface area contributed by atoms with Crippen molar-refractivity contribution in [2.24, 2.45) is 0 Å². The summed E-state index contributed by atoms with van der Waals surface area (Å²) < 4.78 is 6.95. The molecule has 5 nitrogen and oxygen atoms in total. The quantitative estimate of drug-likeness (QED) is 0.184. The maximum absolute atomic E-state index is 10.2. The van der Waals surface area contributed by atoms with Crippen molar-refractivity contribution in [2.45, 2.75) is 0 Å². The molecule has 0 bridgehead atoms. The van der Waals surface area contributed by atoms with Gasteiger partial charge in [-0.25, -0.2) is 0 Å². The van der Waals surface area contributed by atoms with E-state index < -0.39 is 0 Å². The van der Waals surface area contributed by atoms with Crippen LogP contribution in [0.1, 0.15) is 11.1 Å². The average molecular weight is 700 g/mol. The molecule has 5 heteroatoms. The third-order valence-electron chi connectivity index (χ3n) is 11.1. The van der Waals surface area contributed by atoms with E-state index in [1.807, 2.05) is 36.4 Å². The Morgan fingerprint density at radius 2 is 0.873 bits per heavy atom. The summed E-state index contributed by atoms with van der Waals surface area (Å²) in [7, 11) is 0. The Balaban J connectivity index is 1.19. The van der Waals surface area contributed by atoms with Gasteiger partial charge < -0.3 is 13.7 Å². The first-order chi connectivity index (χ1) is 27.2. The molecule has 0 fully saturated rings. The second-order valence-electron chi connectivity index (χ2n) is 13.9.